The lowest BCUT2D eigenvalue weighted by Gasteiger charge is -2.01. The summed E-state index contributed by atoms with van der Waals surface area (Å²) < 4.78 is 10.4. The number of nitrogens with one attached hydrogen (secondary N) is 2. The maximum atomic E-state index is 11.4. The second-order valence-electron chi connectivity index (χ2n) is 4.56. The lowest BCUT2D eigenvalue weighted by Crippen LogP contribution is -2.38. The molecule has 7 heteroatoms. The highest BCUT2D eigenvalue weighted by Gasteiger charge is 2.26. The molecule has 2 N–H and O–H groups in total. The summed E-state index contributed by atoms with van der Waals surface area (Å²) >= 11 is 0. The van der Waals surface area contributed by atoms with Gasteiger partial charge in [0.05, 0.1) is 6.21 Å². The molecule has 0 radical (unpaired) electrons. The molecule has 0 bridgehead atoms. The minimum atomic E-state index is -0.770. The van der Waals surface area contributed by atoms with Crippen LogP contribution >= 0.6 is 0 Å². The van der Waals surface area contributed by atoms with Gasteiger partial charge in [-0.15, -0.1) is 0 Å². The molecule has 1 fully saturated rings. The van der Waals surface area contributed by atoms with E-state index in [1.807, 2.05) is 0 Å². The number of hydrazone groups is 1. The van der Waals surface area contributed by atoms with Crippen molar-refractivity contribution in [1.82, 2.24) is 10.7 Å². The van der Waals surface area contributed by atoms with E-state index in [0.29, 0.717) is 11.5 Å². The topological polar surface area (TPSA) is 89.0 Å². The molecule has 0 unspecified atom stereocenters. The summed E-state index contributed by atoms with van der Waals surface area (Å²) in [6.07, 6.45) is 3.29. The summed E-state index contributed by atoms with van der Waals surface area (Å²) in [7, 11) is 0. The van der Waals surface area contributed by atoms with E-state index in [2.05, 4.69) is 15.8 Å². The molecule has 0 atom stereocenters. The van der Waals surface area contributed by atoms with Crippen molar-refractivity contribution >= 4 is 18.0 Å². The molecule has 0 spiro atoms. The fourth-order valence-corrected chi connectivity index (χ4v) is 1.69. The molecule has 1 heterocycles. The Bertz CT molecular complexity index is 581. The Morgan fingerprint density at radius 3 is 2.80 bits per heavy atom. The quantitative estimate of drug-likeness (QED) is 0.466. The molecule has 1 aliphatic heterocycles. The number of hydrogen-bond acceptors (Lipinski definition) is 5. The second kappa shape index (κ2) is 5.20. The van der Waals surface area contributed by atoms with Crippen LogP contribution in [0.4, 0.5) is 0 Å². The van der Waals surface area contributed by atoms with Gasteiger partial charge in [0.25, 0.3) is 0 Å². The SMILES string of the molecule is O=C(NN=Cc1ccc2c(c1)OCO2)C(=O)NC1CC1. The predicted molar refractivity (Wildman–Crippen MR) is 69.5 cm³/mol. The Morgan fingerprint density at radius 1 is 1.20 bits per heavy atom. The van der Waals surface area contributed by atoms with Gasteiger partial charge in [-0.05, 0) is 36.6 Å². The summed E-state index contributed by atoms with van der Waals surface area (Å²) in [6.45, 7) is 0.202. The summed E-state index contributed by atoms with van der Waals surface area (Å²) in [5.74, 6) is -0.119. The van der Waals surface area contributed by atoms with Crippen LogP contribution in [0.15, 0.2) is 23.3 Å². The number of nitrogens with zero attached hydrogens (tertiary/aromatic N) is 1. The largest absolute Gasteiger partial charge is 0.454 e. The summed E-state index contributed by atoms with van der Waals surface area (Å²) in [4.78, 5) is 22.8. The van der Waals surface area contributed by atoms with E-state index in [4.69, 9.17) is 9.47 Å². The van der Waals surface area contributed by atoms with Crippen LogP contribution in [0.2, 0.25) is 0 Å². The van der Waals surface area contributed by atoms with E-state index in [1.54, 1.807) is 18.2 Å². The number of rotatable bonds is 3. The van der Waals surface area contributed by atoms with Crippen LogP contribution in [-0.4, -0.2) is 30.9 Å². The van der Waals surface area contributed by atoms with Crippen molar-refractivity contribution in [2.75, 3.05) is 6.79 Å². The number of benzene rings is 1. The van der Waals surface area contributed by atoms with Crippen molar-refractivity contribution in [1.29, 1.82) is 0 Å². The van der Waals surface area contributed by atoms with Gasteiger partial charge in [-0.1, -0.05) is 0 Å². The van der Waals surface area contributed by atoms with E-state index in [-0.39, 0.29) is 12.8 Å². The molecule has 7 nitrogen and oxygen atoms in total. The van der Waals surface area contributed by atoms with Crippen LogP contribution in [-0.2, 0) is 9.59 Å². The number of carbonyl (C=O) groups is 2. The van der Waals surface area contributed by atoms with Crippen LogP contribution in [0.3, 0.4) is 0 Å². The molecule has 0 aromatic heterocycles. The smallest absolute Gasteiger partial charge is 0.329 e. The highest BCUT2D eigenvalue weighted by atomic mass is 16.7. The van der Waals surface area contributed by atoms with Crippen molar-refractivity contribution in [3.05, 3.63) is 23.8 Å². The Balaban J connectivity index is 1.54. The standard InChI is InChI=1S/C13H13N3O4/c17-12(15-9-2-3-9)13(18)16-14-6-8-1-4-10-11(5-8)20-7-19-10/h1,4-6,9H,2-3,7H2,(H,15,17)(H,16,18). The Hall–Kier alpha value is -2.57. The van der Waals surface area contributed by atoms with Gasteiger partial charge in [0.2, 0.25) is 6.79 Å². The van der Waals surface area contributed by atoms with Gasteiger partial charge in [-0.2, -0.15) is 5.10 Å². The normalized spacial score (nSPS) is 16.2. The van der Waals surface area contributed by atoms with E-state index < -0.39 is 11.8 Å². The third-order valence-corrected chi connectivity index (χ3v) is 2.90. The van der Waals surface area contributed by atoms with E-state index >= 15 is 0 Å². The number of carbonyl (C=O) groups excluding carboxylic acids is 2. The molecule has 2 amide bonds. The first-order chi connectivity index (χ1) is 9.72. The lowest BCUT2D eigenvalue weighted by atomic mass is 10.2. The van der Waals surface area contributed by atoms with Gasteiger partial charge >= 0.3 is 11.8 Å². The number of hydrogen-bond donors (Lipinski definition) is 2. The van der Waals surface area contributed by atoms with Gasteiger partial charge in [0.15, 0.2) is 11.5 Å². The summed E-state index contributed by atoms with van der Waals surface area (Å²) in [5, 5.41) is 6.31. The first kappa shape index (κ1) is 12.5. The van der Waals surface area contributed by atoms with Gasteiger partial charge in [0.1, 0.15) is 0 Å². The molecule has 1 aromatic carbocycles. The van der Waals surface area contributed by atoms with Gasteiger partial charge < -0.3 is 14.8 Å². The fourth-order valence-electron chi connectivity index (χ4n) is 1.69. The zero-order valence-corrected chi connectivity index (χ0v) is 10.6. The molecule has 3 rings (SSSR count). The predicted octanol–water partition coefficient (Wildman–Crippen LogP) is 0.144. The minimum Gasteiger partial charge on any atom is -0.454 e. The molecular formula is C13H13N3O4. The molecule has 104 valence electrons. The van der Waals surface area contributed by atoms with E-state index in [1.165, 1.54) is 6.21 Å². The third kappa shape index (κ3) is 2.87. The van der Waals surface area contributed by atoms with Gasteiger partial charge in [0, 0.05) is 6.04 Å². The zero-order chi connectivity index (χ0) is 13.9. The van der Waals surface area contributed by atoms with Crippen LogP contribution in [0.25, 0.3) is 0 Å². The maximum absolute atomic E-state index is 11.4. The van der Waals surface area contributed by atoms with Crippen molar-refractivity contribution < 1.29 is 19.1 Å². The maximum Gasteiger partial charge on any atom is 0.329 e. The van der Waals surface area contributed by atoms with Crippen molar-refractivity contribution in [2.45, 2.75) is 18.9 Å². The second-order valence-corrected chi connectivity index (χ2v) is 4.56. The van der Waals surface area contributed by atoms with Crippen LogP contribution < -0.4 is 20.2 Å². The molecule has 0 saturated heterocycles. The summed E-state index contributed by atoms with van der Waals surface area (Å²) in [5.41, 5.74) is 2.91. The first-order valence-electron chi connectivity index (χ1n) is 6.26. The Morgan fingerprint density at radius 2 is 2.00 bits per heavy atom. The average Bonchev–Trinajstić information content (AvgIpc) is 3.13. The highest BCUT2D eigenvalue weighted by Crippen LogP contribution is 2.31. The number of amides is 2. The van der Waals surface area contributed by atoms with Crippen LogP contribution in [0, 0.1) is 0 Å². The fraction of sp³-hybridized carbons (Fsp3) is 0.308. The van der Waals surface area contributed by atoms with Crippen LogP contribution in [0.1, 0.15) is 18.4 Å². The lowest BCUT2D eigenvalue weighted by molar-refractivity contribution is -0.139. The van der Waals surface area contributed by atoms with Crippen molar-refractivity contribution in [3.8, 4) is 11.5 Å². The molecular weight excluding hydrogens is 262 g/mol. The molecule has 1 aromatic rings. The summed E-state index contributed by atoms with van der Waals surface area (Å²) in [6, 6.07) is 5.41. The van der Waals surface area contributed by atoms with Gasteiger partial charge in [-0.25, -0.2) is 5.43 Å². The first-order valence-corrected chi connectivity index (χ1v) is 6.26. The van der Waals surface area contributed by atoms with Crippen molar-refractivity contribution in [3.63, 3.8) is 0 Å². The third-order valence-electron chi connectivity index (χ3n) is 2.90. The average molecular weight is 275 g/mol. The van der Waals surface area contributed by atoms with E-state index in [9.17, 15) is 9.59 Å². The monoisotopic (exact) mass is 275 g/mol. The Labute approximate surface area is 114 Å². The minimum absolute atomic E-state index is 0.145. The van der Waals surface area contributed by atoms with Crippen LogP contribution in [0.5, 0.6) is 11.5 Å². The molecule has 1 saturated carbocycles. The Kier molecular flexibility index (Phi) is 3.24. The van der Waals surface area contributed by atoms with Gasteiger partial charge in [-0.3, -0.25) is 9.59 Å². The zero-order valence-electron chi connectivity index (χ0n) is 10.6. The molecule has 1 aliphatic carbocycles. The number of fused-ring (bicyclic) bond motifs is 1. The molecule has 20 heavy (non-hydrogen) atoms. The highest BCUT2D eigenvalue weighted by molar-refractivity contribution is 6.35. The van der Waals surface area contributed by atoms with Crippen molar-refractivity contribution in [2.24, 2.45) is 5.10 Å². The molecule has 2 aliphatic rings. The number of ether oxygens (including phenoxy) is 2. The van der Waals surface area contributed by atoms with E-state index in [0.717, 1.165) is 18.4 Å².